The van der Waals surface area contributed by atoms with E-state index in [0.29, 0.717) is 18.8 Å². The van der Waals surface area contributed by atoms with E-state index in [1.54, 1.807) is 11.0 Å². The Labute approximate surface area is 179 Å². The number of hydrogen-bond donors (Lipinski definition) is 0. The molecule has 0 aliphatic carbocycles. The number of benzene rings is 2. The first-order valence-electron chi connectivity index (χ1n) is 9.71. The molecule has 0 saturated carbocycles. The molecule has 0 radical (unpaired) electrons. The molecule has 0 N–H and O–H groups in total. The summed E-state index contributed by atoms with van der Waals surface area (Å²) in [6.07, 6.45) is -4.46. The van der Waals surface area contributed by atoms with Crippen molar-refractivity contribution in [2.75, 3.05) is 13.1 Å². The number of carbonyl (C=O) groups excluding carboxylic acids is 1. The van der Waals surface area contributed by atoms with Gasteiger partial charge in [-0.05, 0) is 12.1 Å². The molecule has 32 heavy (non-hydrogen) atoms. The number of rotatable bonds is 4. The number of aromatic nitrogens is 3. The Hall–Kier alpha value is -3.95. The number of hydrogen-bond acceptors (Lipinski definition) is 6. The van der Waals surface area contributed by atoms with Crippen LogP contribution in [0.2, 0.25) is 0 Å². The number of carbonyl (C=O) groups is 1. The van der Waals surface area contributed by atoms with Crippen molar-refractivity contribution in [2.24, 2.45) is 0 Å². The van der Waals surface area contributed by atoms with Crippen LogP contribution in [0.25, 0.3) is 22.7 Å². The van der Waals surface area contributed by atoms with Crippen LogP contribution in [-0.4, -0.2) is 39.2 Å². The summed E-state index contributed by atoms with van der Waals surface area (Å²) >= 11 is 0. The second-order valence-corrected chi connectivity index (χ2v) is 7.38. The van der Waals surface area contributed by atoms with E-state index in [1.165, 1.54) is 12.1 Å². The molecular formula is C22H15F3N4O3. The van der Waals surface area contributed by atoms with Crippen molar-refractivity contribution in [1.29, 1.82) is 0 Å². The zero-order chi connectivity index (χ0) is 22.3. The van der Waals surface area contributed by atoms with Crippen LogP contribution in [-0.2, 0) is 6.18 Å². The molecule has 0 bridgehead atoms. The summed E-state index contributed by atoms with van der Waals surface area (Å²) in [5.41, 5.74) is 0.424. The number of amides is 1. The fourth-order valence-corrected chi connectivity index (χ4v) is 3.43. The Morgan fingerprint density at radius 3 is 2.44 bits per heavy atom. The van der Waals surface area contributed by atoms with Crippen LogP contribution >= 0.6 is 0 Å². The molecule has 2 aromatic carbocycles. The standard InChI is InChI=1S/C22H15F3N4O3/c23-22(24,25)16-8-4-7-14(9-16)19-26-20(32-28-19)15-11-29(12-15)21(30)17-10-18(31-27-17)13-5-2-1-3-6-13/h1-10,15H,11-12H2. The van der Waals surface area contributed by atoms with Gasteiger partial charge in [0.15, 0.2) is 11.5 Å². The van der Waals surface area contributed by atoms with Gasteiger partial charge in [0.05, 0.1) is 11.5 Å². The molecular weight excluding hydrogens is 425 g/mol. The number of nitrogens with zero attached hydrogens (tertiary/aromatic N) is 4. The van der Waals surface area contributed by atoms with Crippen LogP contribution in [0.5, 0.6) is 0 Å². The van der Waals surface area contributed by atoms with E-state index in [1.807, 2.05) is 30.3 Å². The Balaban J connectivity index is 1.24. The van der Waals surface area contributed by atoms with Crippen molar-refractivity contribution in [3.05, 3.63) is 77.8 Å². The van der Waals surface area contributed by atoms with Crippen molar-refractivity contribution in [3.8, 4) is 22.7 Å². The minimum absolute atomic E-state index is 0.0693. The molecule has 3 heterocycles. The van der Waals surface area contributed by atoms with Crippen molar-refractivity contribution in [2.45, 2.75) is 12.1 Å². The maximum absolute atomic E-state index is 12.9. The fraction of sp³-hybridized carbons (Fsp3) is 0.182. The Morgan fingerprint density at radius 1 is 0.938 bits per heavy atom. The van der Waals surface area contributed by atoms with Crippen molar-refractivity contribution < 1.29 is 27.0 Å². The maximum atomic E-state index is 12.9. The smallest absolute Gasteiger partial charge is 0.355 e. The van der Waals surface area contributed by atoms with Crippen LogP contribution in [0.4, 0.5) is 13.2 Å². The molecule has 2 aromatic heterocycles. The summed E-state index contributed by atoms with van der Waals surface area (Å²) in [4.78, 5) is 18.4. The first-order valence-corrected chi connectivity index (χ1v) is 9.71. The summed E-state index contributed by atoms with van der Waals surface area (Å²) in [6.45, 7) is 0.660. The van der Waals surface area contributed by atoms with Crippen molar-refractivity contribution in [3.63, 3.8) is 0 Å². The number of likely N-dealkylation sites (tertiary alicyclic amines) is 1. The lowest BCUT2D eigenvalue weighted by Crippen LogP contribution is -2.48. The van der Waals surface area contributed by atoms with Crippen LogP contribution in [0.3, 0.4) is 0 Å². The summed E-state index contributed by atoms with van der Waals surface area (Å²) in [5, 5.41) is 7.65. The summed E-state index contributed by atoms with van der Waals surface area (Å²) in [5.74, 6) is 0.344. The highest BCUT2D eigenvalue weighted by Gasteiger charge is 2.37. The lowest BCUT2D eigenvalue weighted by Gasteiger charge is -2.36. The minimum Gasteiger partial charge on any atom is -0.355 e. The molecule has 0 unspecified atom stereocenters. The third-order valence-corrected chi connectivity index (χ3v) is 5.20. The van der Waals surface area contributed by atoms with Crippen LogP contribution in [0.1, 0.15) is 27.9 Å². The fourth-order valence-electron chi connectivity index (χ4n) is 3.43. The monoisotopic (exact) mass is 440 g/mol. The Kier molecular flexibility index (Phi) is 4.76. The van der Waals surface area contributed by atoms with E-state index < -0.39 is 11.7 Å². The highest BCUT2D eigenvalue weighted by atomic mass is 19.4. The first kappa shape index (κ1) is 20.0. The lowest BCUT2D eigenvalue weighted by atomic mass is 9.99. The normalized spacial score (nSPS) is 14.4. The van der Waals surface area contributed by atoms with Gasteiger partial charge in [0.2, 0.25) is 11.7 Å². The second-order valence-electron chi connectivity index (χ2n) is 7.38. The van der Waals surface area contributed by atoms with Crippen LogP contribution in [0.15, 0.2) is 69.7 Å². The van der Waals surface area contributed by atoms with Gasteiger partial charge < -0.3 is 13.9 Å². The largest absolute Gasteiger partial charge is 0.416 e. The highest BCUT2D eigenvalue weighted by molar-refractivity contribution is 5.93. The van der Waals surface area contributed by atoms with Gasteiger partial charge in [-0.15, -0.1) is 0 Å². The molecule has 1 saturated heterocycles. The third-order valence-electron chi connectivity index (χ3n) is 5.20. The Morgan fingerprint density at radius 2 is 1.69 bits per heavy atom. The predicted molar refractivity (Wildman–Crippen MR) is 105 cm³/mol. The van der Waals surface area contributed by atoms with E-state index in [4.69, 9.17) is 9.05 Å². The molecule has 1 aliphatic rings. The average Bonchev–Trinajstić information content (AvgIpc) is 3.43. The molecule has 10 heteroatoms. The molecule has 7 nitrogen and oxygen atoms in total. The van der Waals surface area contributed by atoms with Gasteiger partial charge >= 0.3 is 6.18 Å². The SMILES string of the molecule is O=C(c1cc(-c2ccccc2)on1)N1CC(c2nc(-c3cccc(C(F)(F)F)c3)no2)C1. The van der Waals surface area contributed by atoms with E-state index >= 15 is 0 Å². The highest BCUT2D eigenvalue weighted by Crippen LogP contribution is 2.33. The van der Waals surface area contributed by atoms with E-state index in [2.05, 4.69) is 15.3 Å². The van der Waals surface area contributed by atoms with Crippen molar-refractivity contribution in [1.82, 2.24) is 20.2 Å². The molecule has 5 rings (SSSR count). The van der Waals surface area contributed by atoms with Crippen molar-refractivity contribution >= 4 is 5.91 Å². The lowest BCUT2D eigenvalue weighted by molar-refractivity contribution is -0.137. The molecule has 4 aromatic rings. The maximum Gasteiger partial charge on any atom is 0.416 e. The van der Waals surface area contributed by atoms with Gasteiger partial charge in [-0.1, -0.05) is 52.8 Å². The topological polar surface area (TPSA) is 85.3 Å². The van der Waals surface area contributed by atoms with E-state index in [-0.39, 0.29) is 34.8 Å². The quantitative estimate of drug-likeness (QED) is 0.459. The van der Waals surface area contributed by atoms with Crippen LogP contribution < -0.4 is 0 Å². The molecule has 1 aliphatic heterocycles. The molecule has 162 valence electrons. The summed E-state index contributed by atoms with van der Waals surface area (Å²) in [7, 11) is 0. The van der Waals surface area contributed by atoms with Gasteiger partial charge in [0.25, 0.3) is 5.91 Å². The second kappa shape index (κ2) is 7.63. The first-order chi connectivity index (χ1) is 15.4. The van der Waals surface area contributed by atoms with E-state index in [0.717, 1.165) is 17.7 Å². The molecule has 1 fully saturated rings. The summed E-state index contributed by atoms with van der Waals surface area (Å²) in [6, 6.07) is 15.6. The number of alkyl halides is 3. The Bertz CT molecular complexity index is 1260. The summed E-state index contributed by atoms with van der Waals surface area (Å²) < 4.78 is 49.3. The van der Waals surface area contributed by atoms with Gasteiger partial charge in [0.1, 0.15) is 0 Å². The van der Waals surface area contributed by atoms with Gasteiger partial charge in [-0.3, -0.25) is 4.79 Å². The van der Waals surface area contributed by atoms with E-state index in [9.17, 15) is 18.0 Å². The number of halogens is 3. The zero-order valence-corrected chi connectivity index (χ0v) is 16.4. The van der Waals surface area contributed by atoms with Crippen LogP contribution in [0, 0.1) is 0 Å². The zero-order valence-electron chi connectivity index (χ0n) is 16.4. The molecule has 0 atom stereocenters. The van der Waals surface area contributed by atoms with Gasteiger partial charge in [-0.2, -0.15) is 18.2 Å². The molecule has 0 spiro atoms. The third kappa shape index (κ3) is 3.75. The average molecular weight is 440 g/mol. The van der Waals surface area contributed by atoms with Gasteiger partial charge in [0, 0.05) is 30.3 Å². The van der Waals surface area contributed by atoms with Gasteiger partial charge in [-0.25, -0.2) is 0 Å². The molecule has 1 amide bonds. The predicted octanol–water partition coefficient (Wildman–Crippen LogP) is 4.65. The minimum atomic E-state index is -4.46.